The molecule has 0 unspecified atom stereocenters. The Hall–Kier alpha value is -0.790. The summed E-state index contributed by atoms with van der Waals surface area (Å²) in [6.45, 7) is 0. The van der Waals surface area contributed by atoms with Crippen molar-refractivity contribution in [3.63, 3.8) is 0 Å². The molecule has 0 saturated carbocycles. The summed E-state index contributed by atoms with van der Waals surface area (Å²) in [4.78, 5) is 0. The SMILES string of the molecule is Cn1cc2c(n1)CC[CH]C2. The number of nitrogens with zero attached hydrogens (tertiary/aromatic N) is 2. The highest BCUT2D eigenvalue weighted by Crippen LogP contribution is 2.17. The van der Waals surface area contributed by atoms with Gasteiger partial charge in [-0.3, -0.25) is 4.68 Å². The zero-order valence-corrected chi connectivity index (χ0v) is 6.17. The standard InChI is InChI=1S/C8H11N2/c1-10-6-7-4-2-3-5-8(7)9-10/h2,6H,3-5H2,1H3. The molecule has 0 aliphatic heterocycles. The van der Waals surface area contributed by atoms with Crippen molar-refractivity contribution in [3.05, 3.63) is 23.9 Å². The highest BCUT2D eigenvalue weighted by molar-refractivity contribution is 5.22. The van der Waals surface area contributed by atoms with Gasteiger partial charge in [-0.2, -0.15) is 5.10 Å². The van der Waals surface area contributed by atoms with E-state index in [1.807, 2.05) is 11.7 Å². The Morgan fingerprint density at radius 3 is 3.30 bits per heavy atom. The molecule has 1 aromatic rings. The lowest BCUT2D eigenvalue weighted by Crippen LogP contribution is -2.00. The fourth-order valence-corrected chi connectivity index (χ4v) is 1.46. The van der Waals surface area contributed by atoms with E-state index >= 15 is 0 Å². The van der Waals surface area contributed by atoms with Crippen molar-refractivity contribution in [1.29, 1.82) is 0 Å². The highest BCUT2D eigenvalue weighted by Gasteiger charge is 2.11. The van der Waals surface area contributed by atoms with Crippen LogP contribution in [0.5, 0.6) is 0 Å². The van der Waals surface area contributed by atoms with Crippen LogP contribution in [-0.2, 0) is 19.9 Å². The average Bonchev–Trinajstić information content (AvgIpc) is 2.27. The van der Waals surface area contributed by atoms with Gasteiger partial charge < -0.3 is 0 Å². The number of hydrogen-bond acceptors (Lipinski definition) is 1. The van der Waals surface area contributed by atoms with E-state index in [2.05, 4.69) is 17.7 Å². The van der Waals surface area contributed by atoms with Crippen molar-refractivity contribution in [2.24, 2.45) is 7.05 Å². The topological polar surface area (TPSA) is 17.8 Å². The number of rotatable bonds is 0. The number of aromatic nitrogens is 2. The van der Waals surface area contributed by atoms with Crippen LogP contribution >= 0.6 is 0 Å². The maximum absolute atomic E-state index is 4.35. The van der Waals surface area contributed by atoms with Crippen LogP contribution in [0.2, 0.25) is 0 Å². The molecule has 1 heterocycles. The van der Waals surface area contributed by atoms with Gasteiger partial charge in [-0.25, -0.2) is 0 Å². The molecule has 2 rings (SSSR count). The second-order valence-corrected chi connectivity index (χ2v) is 2.81. The monoisotopic (exact) mass is 135 g/mol. The van der Waals surface area contributed by atoms with E-state index in [1.165, 1.54) is 17.7 Å². The zero-order chi connectivity index (χ0) is 6.97. The molecule has 1 radical (unpaired) electrons. The molecule has 1 aromatic heterocycles. The Morgan fingerprint density at radius 2 is 2.50 bits per heavy atom. The molecular formula is C8H11N2. The molecule has 0 aromatic carbocycles. The van der Waals surface area contributed by atoms with Gasteiger partial charge in [0.05, 0.1) is 5.69 Å². The Morgan fingerprint density at radius 1 is 1.60 bits per heavy atom. The van der Waals surface area contributed by atoms with Crippen LogP contribution < -0.4 is 0 Å². The van der Waals surface area contributed by atoms with Crippen LogP contribution in [0.1, 0.15) is 17.7 Å². The van der Waals surface area contributed by atoms with Gasteiger partial charge >= 0.3 is 0 Å². The quantitative estimate of drug-likeness (QED) is 0.521. The van der Waals surface area contributed by atoms with Crippen molar-refractivity contribution >= 4 is 0 Å². The largest absolute Gasteiger partial charge is 0.275 e. The van der Waals surface area contributed by atoms with E-state index in [0.29, 0.717) is 0 Å². The number of fused-ring (bicyclic) bond motifs is 1. The number of aryl methyl sites for hydroxylation is 2. The van der Waals surface area contributed by atoms with Crippen LogP contribution in [0.25, 0.3) is 0 Å². The Balaban J connectivity index is 2.41. The molecule has 0 fully saturated rings. The summed E-state index contributed by atoms with van der Waals surface area (Å²) in [5.41, 5.74) is 2.71. The molecule has 53 valence electrons. The Kier molecular flexibility index (Phi) is 1.26. The molecule has 1 aliphatic rings. The van der Waals surface area contributed by atoms with Crippen LogP contribution in [0, 0.1) is 6.42 Å². The summed E-state index contributed by atoms with van der Waals surface area (Å²) in [6.07, 6.45) is 7.89. The second-order valence-electron chi connectivity index (χ2n) is 2.81. The van der Waals surface area contributed by atoms with Gasteiger partial charge in [0.1, 0.15) is 0 Å². The predicted molar refractivity (Wildman–Crippen MR) is 39.5 cm³/mol. The lowest BCUT2D eigenvalue weighted by molar-refractivity contribution is 0.729. The van der Waals surface area contributed by atoms with Crippen LogP contribution in [0.4, 0.5) is 0 Å². The molecule has 0 N–H and O–H groups in total. The third-order valence-corrected chi connectivity index (χ3v) is 1.94. The van der Waals surface area contributed by atoms with E-state index in [4.69, 9.17) is 0 Å². The summed E-state index contributed by atoms with van der Waals surface area (Å²) >= 11 is 0. The molecule has 2 nitrogen and oxygen atoms in total. The van der Waals surface area contributed by atoms with Crippen LogP contribution in [0.3, 0.4) is 0 Å². The lowest BCUT2D eigenvalue weighted by atomic mass is 9.99. The maximum Gasteiger partial charge on any atom is 0.0656 e. The summed E-state index contributed by atoms with van der Waals surface area (Å²) in [5.74, 6) is 0. The highest BCUT2D eigenvalue weighted by atomic mass is 15.2. The minimum atomic E-state index is 1.11. The fraction of sp³-hybridized carbons (Fsp3) is 0.500. The van der Waals surface area contributed by atoms with Crippen LogP contribution in [-0.4, -0.2) is 9.78 Å². The van der Waals surface area contributed by atoms with Gasteiger partial charge in [-0.1, -0.05) is 0 Å². The van der Waals surface area contributed by atoms with E-state index in [1.54, 1.807) is 0 Å². The van der Waals surface area contributed by atoms with E-state index < -0.39 is 0 Å². The average molecular weight is 135 g/mol. The third kappa shape index (κ3) is 0.838. The van der Waals surface area contributed by atoms with Gasteiger partial charge in [-0.15, -0.1) is 0 Å². The van der Waals surface area contributed by atoms with Crippen molar-refractivity contribution < 1.29 is 0 Å². The molecule has 0 bridgehead atoms. The zero-order valence-electron chi connectivity index (χ0n) is 6.17. The third-order valence-electron chi connectivity index (χ3n) is 1.94. The van der Waals surface area contributed by atoms with Gasteiger partial charge in [0.25, 0.3) is 0 Å². The van der Waals surface area contributed by atoms with Crippen molar-refractivity contribution in [2.75, 3.05) is 0 Å². The van der Waals surface area contributed by atoms with E-state index in [0.717, 1.165) is 12.8 Å². The molecule has 0 amide bonds. The van der Waals surface area contributed by atoms with Crippen molar-refractivity contribution in [2.45, 2.75) is 19.3 Å². The summed E-state index contributed by atoms with van der Waals surface area (Å²) in [6, 6.07) is 0. The molecular weight excluding hydrogens is 124 g/mol. The van der Waals surface area contributed by atoms with Gasteiger partial charge in [0.15, 0.2) is 0 Å². The molecule has 0 atom stereocenters. The smallest absolute Gasteiger partial charge is 0.0656 e. The second kappa shape index (κ2) is 2.11. The number of hydrogen-bond donors (Lipinski definition) is 0. The summed E-state index contributed by atoms with van der Waals surface area (Å²) < 4.78 is 1.91. The first kappa shape index (κ1) is 5.96. The van der Waals surface area contributed by atoms with Crippen LogP contribution in [0.15, 0.2) is 6.20 Å². The van der Waals surface area contributed by atoms with E-state index in [-0.39, 0.29) is 0 Å². The molecule has 10 heavy (non-hydrogen) atoms. The molecule has 2 heteroatoms. The van der Waals surface area contributed by atoms with Gasteiger partial charge in [0, 0.05) is 13.2 Å². The van der Waals surface area contributed by atoms with Gasteiger partial charge in [-0.05, 0) is 31.2 Å². The minimum Gasteiger partial charge on any atom is -0.275 e. The normalized spacial score (nSPS) is 16.9. The first-order valence-electron chi connectivity index (χ1n) is 3.69. The summed E-state index contributed by atoms with van der Waals surface area (Å²) in [7, 11) is 1.98. The van der Waals surface area contributed by atoms with Crippen molar-refractivity contribution in [1.82, 2.24) is 9.78 Å². The lowest BCUT2D eigenvalue weighted by Gasteiger charge is -2.06. The van der Waals surface area contributed by atoms with Crippen molar-refractivity contribution in [3.8, 4) is 0 Å². The first-order valence-corrected chi connectivity index (χ1v) is 3.69. The predicted octanol–water partition coefficient (Wildman–Crippen LogP) is 1.11. The fourth-order valence-electron chi connectivity index (χ4n) is 1.46. The Labute approximate surface area is 60.9 Å². The summed E-state index contributed by atoms with van der Waals surface area (Å²) in [5, 5.41) is 4.35. The van der Waals surface area contributed by atoms with Gasteiger partial charge in [0.2, 0.25) is 0 Å². The molecule has 1 aliphatic carbocycles. The first-order chi connectivity index (χ1) is 4.86. The maximum atomic E-state index is 4.35. The minimum absolute atomic E-state index is 1.11. The molecule has 0 saturated heterocycles. The molecule has 0 spiro atoms. The van der Waals surface area contributed by atoms with E-state index in [9.17, 15) is 0 Å². The Bertz CT molecular complexity index is 214.